The first-order valence-electron chi connectivity index (χ1n) is 22.2. The van der Waals surface area contributed by atoms with Gasteiger partial charge in [-0.15, -0.1) is 0 Å². The summed E-state index contributed by atoms with van der Waals surface area (Å²) in [6.45, 7) is 12.5. The van der Waals surface area contributed by atoms with Crippen LogP contribution in [0.1, 0.15) is 90.3 Å². The second-order valence-corrected chi connectivity index (χ2v) is 17.8. The average Bonchev–Trinajstić information content (AvgIpc) is 3.82. The molecule has 3 N–H and O–H groups in total. The minimum atomic E-state index is -0.969. The number of urea groups is 1. The molecule has 17 heteroatoms. The minimum Gasteiger partial charge on any atom is -0.372 e. The molecule has 2 aromatic carbocycles. The highest BCUT2D eigenvalue weighted by atomic mass is 16.5. The Morgan fingerprint density at radius 1 is 0.921 bits per heavy atom. The smallest absolute Gasteiger partial charge is 0.317 e. The molecule has 330 valence electrons. The minimum absolute atomic E-state index is 0.0757. The van der Waals surface area contributed by atoms with Gasteiger partial charge in [-0.2, -0.15) is 5.10 Å². The van der Waals surface area contributed by atoms with Crippen LogP contribution in [0.3, 0.4) is 0 Å². The first-order chi connectivity index (χ1) is 30.4. The zero-order chi connectivity index (χ0) is 43.8. The lowest BCUT2D eigenvalue weighted by Gasteiger charge is -2.39. The van der Waals surface area contributed by atoms with Gasteiger partial charge in [0.25, 0.3) is 11.8 Å². The van der Waals surface area contributed by atoms with E-state index in [0.29, 0.717) is 48.7 Å². The van der Waals surface area contributed by atoms with Crippen molar-refractivity contribution in [3.63, 3.8) is 0 Å². The Morgan fingerprint density at radius 2 is 1.70 bits per heavy atom. The molecular formula is C46H55N11O6. The van der Waals surface area contributed by atoms with Gasteiger partial charge in [-0.05, 0) is 100 Å². The van der Waals surface area contributed by atoms with Gasteiger partial charge in [0.05, 0.1) is 60.0 Å². The Labute approximate surface area is 366 Å². The summed E-state index contributed by atoms with van der Waals surface area (Å²) in [7, 11) is 0. The van der Waals surface area contributed by atoms with Gasteiger partial charge in [-0.1, -0.05) is 12.1 Å². The van der Waals surface area contributed by atoms with Crippen molar-refractivity contribution in [1.82, 2.24) is 45.1 Å². The summed E-state index contributed by atoms with van der Waals surface area (Å²) in [5.41, 5.74) is 6.24. The molecule has 7 heterocycles. The highest BCUT2D eigenvalue weighted by Gasteiger charge is 2.45. The van der Waals surface area contributed by atoms with Crippen LogP contribution in [-0.2, 0) is 20.9 Å². The van der Waals surface area contributed by atoms with Crippen LogP contribution < -0.4 is 20.9 Å². The molecule has 6 amide bonds. The molecule has 0 saturated carbocycles. The summed E-state index contributed by atoms with van der Waals surface area (Å²) in [5.74, 6) is -0.889. The summed E-state index contributed by atoms with van der Waals surface area (Å²) >= 11 is 0. The number of ether oxygens (including phenoxy) is 1. The lowest BCUT2D eigenvalue weighted by molar-refractivity contribution is -0.136. The van der Waals surface area contributed by atoms with Crippen LogP contribution in [-0.4, -0.2) is 128 Å². The van der Waals surface area contributed by atoms with Gasteiger partial charge in [0.15, 0.2) is 0 Å². The summed E-state index contributed by atoms with van der Waals surface area (Å²) in [5, 5.41) is 13.3. The second kappa shape index (κ2) is 17.9. The largest absolute Gasteiger partial charge is 0.372 e. The van der Waals surface area contributed by atoms with Gasteiger partial charge < -0.3 is 30.1 Å². The Kier molecular flexibility index (Phi) is 12.0. The number of imide groups is 2. The van der Waals surface area contributed by atoms with Crippen molar-refractivity contribution in [3.05, 3.63) is 83.3 Å². The molecule has 4 saturated heterocycles. The van der Waals surface area contributed by atoms with Gasteiger partial charge in [0, 0.05) is 69.3 Å². The van der Waals surface area contributed by atoms with Crippen molar-refractivity contribution < 1.29 is 28.7 Å². The van der Waals surface area contributed by atoms with E-state index in [-0.39, 0.29) is 37.0 Å². The van der Waals surface area contributed by atoms with E-state index in [1.807, 2.05) is 57.4 Å². The van der Waals surface area contributed by atoms with E-state index in [1.54, 1.807) is 23.2 Å². The number of hydrogen-bond donors (Lipinski definition) is 3. The van der Waals surface area contributed by atoms with Crippen LogP contribution in [0.2, 0.25) is 0 Å². The number of amides is 6. The van der Waals surface area contributed by atoms with Gasteiger partial charge in [0.1, 0.15) is 6.04 Å². The van der Waals surface area contributed by atoms with Crippen LogP contribution >= 0.6 is 0 Å². The standard InChI is InChI=1S/C46H55N11O6/c1-28(2)63-36-26-55(27-36)46(62)48-22-32-5-4-31(20-29(32)3)39-10-15-47-45(51-39)50-33-23-49-56(25-33)34-13-16-53(17-14-34)24-30-11-18-54(19-12-30)35-6-7-37-38(21-35)44(61)57(43(37)60)40-8-9-41(58)52-42(40)59/h4-7,10,15,20-21,23,25,28,30,34,36,40H,8-9,11-14,16-19,22,24,26-27H2,1-3H3,(H,48,62)(H,47,50,51)(H,52,58,59). The average molecular weight is 858 g/mol. The Morgan fingerprint density at radius 3 is 2.44 bits per heavy atom. The molecule has 0 bridgehead atoms. The van der Waals surface area contributed by atoms with Crippen LogP contribution in [0.25, 0.3) is 11.3 Å². The molecule has 17 nitrogen and oxygen atoms in total. The molecule has 2 aromatic heterocycles. The number of carbonyl (C=O) groups is 5. The van der Waals surface area contributed by atoms with E-state index >= 15 is 0 Å². The predicted molar refractivity (Wildman–Crippen MR) is 234 cm³/mol. The van der Waals surface area contributed by atoms with Crippen molar-refractivity contribution in [1.29, 1.82) is 0 Å². The summed E-state index contributed by atoms with van der Waals surface area (Å²) < 4.78 is 7.82. The SMILES string of the molecule is Cc1cc(-c2ccnc(Nc3cnn(C4CCN(CC5CCN(c6ccc7c(c6)C(=O)N(C6CCC(=O)NC6=O)C7=O)CC5)CC4)c3)n2)ccc1CNC(=O)N1CC(OC(C)C)C1. The maximum Gasteiger partial charge on any atom is 0.317 e. The van der Waals surface area contributed by atoms with Crippen LogP contribution in [0.4, 0.5) is 22.1 Å². The maximum atomic E-state index is 13.4. The predicted octanol–water partition coefficient (Wildman–Crippen LogP) is 4.67. The van der Waals surface area contributed by atoms with Crippen molar-refractivity contribution in [2.45, 2.75) is 90.1 Å². The molecule has 1 unspecified atom stereocenters. The number of fused-ring (bicyclic) bond motifs is 1. The molecule has 0 radical (unpaired) electrons. The second-order valence-electron chi connectivity index (χ2n) is 17.8. The fourth-order valence-corrected chi connectivity index (χ4v) is 9.48. The lowest BCUT2D eigenvalue weighted by atomic mass is 9.94. The third kappa shape index (κ3) is 9.16. The topological polar surface area (TPSA) is 187 Å². The molecule has 4 fully saturated rings. The molecule has 9 rings (SSSR count). The zero-order valence-corrected chi connectivity index (χ0v) is 36.1. The normalized spacial score (nSPS) is 20.3. The fraction of sp³-hybridized carbons (Fsp3) is 0.478. The molecule has 0 spiro atoms. The summed E-state index contributed by atoms with van der Waals surface area (Å²) in [4.78, 5) is 80.1. The first kappa shape index (κ1) is 42.1. The van der Waals surface area contributed by atoms with E-state index in [2.05, 4.69) is 41.5 Å². The Balaban J connectivity index is 0.716. The van der Waals surface area contributed by atoms with Gasteiger partial charge in [0.2, 0.25) is 17.8 Å². The van der Waals surface area contributed by atoms with E-state index in [4.69, 9.17) is 14.8 Å². The Bertz CT molecular complexity index is 2400. The van der Waals surface area contributed by atoms with Crippen LogP contribution in [0.5, 0.6) is 0 Å². The van der Waals surface area contributed by atoms with Crippen molar-refractivity contribution in [2.24, 2.45) is 5.92 Å². The third-order valence-corrected chi connectivity index (χ3v) is 13.0. The summed E-state index contributed by atoms with van der Waals surface area (Å²) in [6.07, 6.45) is 10.2. The molecule has 1 atom stereocenters. The van der Waals surface area contributed by atoms with Gasteiger partial charge >= 0.3 is 6.03 Å². The molecule has 5 aliphatic rings. The fourth-order valence-electron chi connectivity index (χ4n) is 9.48. The highest BCUT2D eigenvalue weighted by Crippen LogP contribution is 2.33. The first-order valence-corrected chi connectivity index (χ1v) is 22.2. The number of aryl methyl sites for hydroxylation is 1. The quantitative estimate of drug-likeness (QED) is 0.168. The number of carbonyl (C=O) groups excluding carboxylic acids is 5. The molecule has 5 aliphatic heterocycles. The number of rotatable bonds is 12. The van der Waals surface area contributed by atoms with Gasteiger partial charge in [-0.25, -0.2) is 14.8 Å². The highest BCUT2D eigenvalue weighted by molar-refractivity contribution is 6.23. The number of hydrogen-bond acceptors (Lipinski definition) is 12. The molecule has 4 aromatic rings. The van der Waals surface area contributed by atoms with Crippen molar-refractivity contribution in [2.75, 3.05) is 56.0 Å². The number of anilines is 3. The Hall–Kier alpha value is -6.20. The molecule has 63 heavy (non-hydrogen) atoms. The van der Waals surface area contributed by atoms with Crippen molar-refractivity contribution in [3.8, 4) is 11.3 Å². The number of benzene rings is 2. The maximum absolute atomic E-state index is 13.4. The summed E-state index contributed by atoms with van der Waals surface area (Å²) in [6, 6.07) is 12.7. The third-order valence-electron chi connectivity index (χ3n) is 13.0. The molecule has 0 aliphatic carbocycles. The molecular weight excluding hydrogens is 803 g/mol. The monoisotopic (exact) mass is 857 g/mol. The number of nitrogens with one attached hydrogen (secondary N) is 3. The number of piperidine rings is 3. The van der Waals surface area contributed by atoms with E-state index in [0.717, 1.165) is 97.1 Å². The van der Waals surface area contributed by atoms with Crippen LogP contribution in [0.15, 0.2) is 61.1 Å². The van der Waals surface area contributed by atoms with E-state index in [1.165, 1.54) is 0 Å². The number of aromatic nitrogens is 4. The van der Waals surface area contributed by atoms with Gasteiger partial charge in [-0.3, -0.25) is 34.1 Å². The van der Waals surface area contributed by atoms with E-state index in [9.17, 15) is 24.0 Å². The van der Waals surface area contributed by atoms with Crippen molar-refractivity contribution >= 4 is 47.0 Å². The number of likely N-dealkylation sites (tertiary alicyclic amines) is 2. The van der Waals surface area contributed by atoms with Crippen LogP contribution in [0, 0.1) is 12.8 Å². The lowest BCUT2D eigenvalue weighted by Crippen LogP contribution is -2.58. The number of nitrogens with zero attached hydrogens (tertiary/aromatic N) is 8. The van der Waals surface area contributed by atoms with E-state index < -0.39 is 23.8 Å². The zero-order valence-electron chi connectivity index (χ0n) is 36.1.